The zero-order valence-electron chi connectivity index (χ0n) is 5.69. The fourth-order valence-electron chi connectivity index (χ4n) is 0.723. The van der Waals surface area contributed by atoms with Gasteiger partial charge in [-0.15, -0.1) is 0 Å². The first-order chi connectivity index (χ1) is 4.63. The number of hydrogen-bond donors (Lipinski definition) is 2. The summed E-state index contributed by atoms with van der Waals surface area (Å²) in [7, 11) is 0. The molecule has 1 aromatic rings. The van der Waals surface area contributed by atoms with Crippen molar-refractivity contribution in [3.63, 3.8) is 0 Å². The standard InChI is InChI=1S/C7H9ClN2/c1-4-5(8)2-3-6(9)7(4)10/h2-3H,9-10H2,1H3. The van der Waals surface area contributed by atoms with Crippen LogP contribution >= 0.6 is 11.6 Å². The minimum Gasteiger partial charge on any atom is -0.397 e. The highest BCUT2D eigenvalue weighted by atomic mass is 35.5. The molecule has 0 aliphatic heterocycles. The number of halogens is 1. The maximum atomic E-state index is 5.75. The highest BCUT2D eigenvalue weighted by molar-refractivity contribution is 6.31. The number of nitrogens with two attached hydrogens (primary N) is 2. The Kier molecular flexibility index (Phi) is 1.72. The molecule has 0 heterocycles. The Morgan fingerprint density at radius 1 is 1.30 bits per heavy atom. The molecule has 0 aliphatic carbocycles. The zero-order chi connectivity index (χ0) is 7.72. The summed E-state index contributed by atoms with van der Waals surface area (Å²) in [6.07, 6.45) is 0. The van der Waals surface area contributed by atoms with Crippen LogP contribution in [0.2, 0.25) is 5.02 Å². The van der Waals surface area contributed by atoms with Gasteiger partial charge in [-0.1, -0.05) is 11.6 Å². The third-order valence-electron chi connectivity index (χ3n) is 1.48. The molecule has 10 heavy (non-hydrogen) atoms. The number of benzene rings is 1. The van der Waals surface area contributed by atoms with Crippen molar-refractivity contribution in [2.45, 2.75) is 6.92 Å². The van der Waals surface area contributed by atoms with Gasteiger partial charge in [-0.25, -0.2) is 0 Å². The maximum absolute atomic E-state index is 5.75. The predicted octanol–water partition coefficient (Wildman–Crippen LogP) is 1.81. The van der Waals surface area contributed by atoms with Gasteiger partial charge in [-0.2, -0.15) is 0 Å². The largest absolute Gasteiger partial charge is 0.397 e. The summed E-state index contributed by atoms with van der Waals surface area (Å²) >= 11 is 5.75. The van der Waals surface area contributed by atoms with Gasteiger partial charge in [-0.3, -0.25) is 0 Å². The van der Waals surface area contributed by atoms with Crippen LogP contribution in [0.15, 0.2) is 12.1 Å². The number of rotatable bonds is 0. The lowest BCUT2D eigenvalue weighted by atomic mass is 10.2. The first-order valence-electron chi connectivity index (χ1n) is 2.93. The summed E-state index contributed by atoms with van der Waals surface area (Å²) < 4.78 is 0. The first-order valence-corrected chi connectivity index (χ1v) is 3.30. The first kappa shape index (κ1) is 7.22. The number of hydrogen-bond acceptors (Lipinski definition) is 2. The molecule has 0 fully saturated rings. The SMILES string of the molecule is Cc1c(Cl)ccc(N)c1N. The molecule has 0 spiro atoms. The summed E-state index contributed by atoms with van der Waals surface area (Å²) in [5, 5.41) is 0.659. The second kappa shape index (κ2) is 2.39. The molecule has 0 bridgehead atoms. The van der Waals surface area contributed by atoms with Gasteiger partial charge in [0.2, 0.25) is 0 Å². The van der Waals surface area contributed by atoms with Crippen LogP contribution in [0.5, 0.6) is 0 Å². The second-order valence-electron chi connectivity index (χ2n) is 2.18. The summed E-state index contributed by atoms with van der Waals surface area (Å²) in [5.74, 6) is 0. The van der Waals surface area contributed by atoms with E-state index in [0.29, 0.717) is 16.4 Å². The summed E-state index contributed by atoms with van der Waals surface area (Å²) in [5.41, 5.74) is 13.1. The molecule has 0 atom stereocenters. The molecular weight excluding hydrogens is 148 g/mol. The third kappa shape index (κ3) is 1.02. The summed E-state index contributed by atoms with van der Waals surface area (Å²) in [6.45, 7) is 1.84. The van der Waals surface area contributed by atoms with Crippen LogP contribution in [0.25, 0.3) is 0 Å². The molecule has 0 saturated heterocycles. The molecule has 2 nitrogen and oxygen atoms in total. The Bertz CT molecular complexity index is 231. The lowest BCUT2D eigenvalue weighted by Gasteiger charge is -2.04. The van der Waals surface area contributed by atoms with Crippen LogP contribution in [0, 0.1) is 6.92 Å². The zero-order valence-corrected chi connectivity index (χ0v) is 6.44. The summed E-state index contributed by atoms with van der Waals surface area (Å²) in [4.78, 5) is 0. The van der Waals surface area contributed by atoms with Gasteiger partial charge >= 0.3 is 0 Å². The van der Waals surface area contributed by atoms with E-state index in [4.69, 9.17) is 23.1 Å². The van der Waals surface area contributed by atoms with Crippen molar-refractivity contribution in [3.8, 4) is 0 Å². The summed E-state index contributed by atoms with van der Waals surface area (Å²) in [6, 6.07) is 3.44. The quantitative estimate of drug-likeness (QED) is 0.563. The van der Waals surface area contributed by atoms with Crippen molar-refractivity contribution in [1.29, 1.82) is 0 Å². The molecule has 3 heteroatoms. The van der Waals surface area contributed by atoms with Crippen LogP contribution < -0.4 is 11.5 Å². The lowest BCUT2D eigenvalue weighted by Crippen LogP contribution is -1.96. The van der Waals surface area contributed by atoms with E-state index in [0.717, 1.165) is 5.56 Å². The van der Waals surface area contributed by atoms with Crippen molar-refractivity contribution in [2.24, 2.45) is 0 Å². The van der Waals surface area contributed by atoms with Crippen molar-refractivity contribution in [3.05, 3.63) is 22.7 Å². The molecule has 54 valence electrons. The monoisotopic (exact) mass is 156 g/mol. The molecule has 0 aromatic heterocycles. The van der Waals surface area contributed by atoms with Crippen molar-refractivity contribution >= 4 is 23.0 Å². The topological polar surface area (TPSA) is 52.0 Å². The minimum atomic E-state index is 0.576. The van der Waals surface area contributed by atoms with E-state index < -0.39 is 0 Å². The Balaban J connectivity index is 3.34. The highest BCUT2D eigenvalue weighted by Crippen LogP contribution is 2.25. The van der Waals surface area contributed by atoms with Crippen LogP contribution in [0.4, 0.5) is 11.4 Å². The highest BCUT2D eigenvalue weighted by Gasteiger charge is 2.00. The van der Waals surface area contributed by atoms with Gasteiger partial charge in [0.15, 0.2) is 0 Å². The fraction of sp³-hybridized carbons (Fsp3) is 0.143. The van der Waals surface area contributed by atoms with Crippen molar-refractivity contribution in [1.82, 2.24) is 0 Å². The van der Waals surface area contributed by atoms with Crippen LogP contribution in [-0.2, 0) is 0 Å². The Morgan fingerprint density at radius 2 is 1.90 bits per heavy atom. The molecular formula is C7H9ClN2. The molecule has 1 aromatic carbocycles. The van der Waals surface area contributed by atoms with E-state index in [9.17, 15) is 0 Å². The Hall–Kier alpha value is -0.890. The molecule has 0 radical (unpaired) electrons. The number of anilines is 2. The minimum absolute atomic E-state index is 0.576. The second-order valence-corrected chi connectivity index (χ2v) is 2.58. The fourth-order valence-corrected chi connectivity index (χ4v) is 0.888. The molecule has 0 amide bonds. The normalized spacial score (nSPS) is 9.80. The predicted molar refractivity (Wildman–Crippen MR) is 45.0 cm³/mol. The van der Waals surface area contributed by atoms with E-state index in [2.05, 4.69) is 0 Å². The van der Waals surface area contributed by atoms with E-state index in [1.54, 1.807) is 12.1 Å². The van der Waals surface area contributed by atoms with E-state index in [1.165, 1.54) is 0 Å². The average Bonchev–Trinajstić information content (AvgIpc) is 1.93. The van der Waals surface area contributed by atoms with E-state index >= 15 is 0 Å². The van der Waals surface area contributed by atoms with Gasteiger partial charge in [0.25, 0.3) is 0 Å². The maximum Gasteiger partial charge on any atom is 0.0592 e. The molecule has 4 N–H and O–H groups in total. The van der Waals surface area contributed by atoms with Crippen LogP contribution in [0.1, 0.15) is 5.56 Å². The van der Waals surface area contributed by atoms with Gasteiger partial charge in [0, 0.05) is 5.02 Å². The molecule has 0 saturated carbocycles. The van der Waals surface area contributed by atoms with Gasteiger partial charge < -0.3 is 11.5 Å². The van der Waals surface area contributed by atoms with Crippen molar-refractivity contribution < 1.29 is 0 Å². The van der Waals surface area contributed by atoms with E-state index in [1.807, 2.05) is 6.92 Å². The van der Waals surface area contributed by atoms with Crippen molar-refractivity contribution in [2.75, 3.05) is 11.5 Å². The molecule has 0 unspecified atom stereocenters. The van der Waals surface area contributed by atoms with E-state index in [-0.39, 0.29) is 0 Å². The van der Waals surface area contributed by atoms with Gasteiger partial charge in [0.05, 0.1) is 11.4 Å². The Morgan fingerprint density at radius 3 is 2.40 bits per heavy atom. The van der Waals surface area contributed by atoms with Crippen LogP contribution in [-0.4, -0.2) is 0 Å². The molecule has 1 rings (SSSR count). The smallest absolute Gasteiger partial charge is 0.0592 e. The van der Waals surface area contributed by atoms with Crippen LogP contribution in [0.3, 0.4) is 0 Å². The lowest BCUT2D eigenvalue weighted by molar-refractivity contribution is 1.47. The number of nitrogen functional groups attached to an aromatic ring is 2. The average molecular weight is 157 g/mol. The van der Waals surface area contributed by atoms with Gasteiger partial charge in [-0.05, 0) is 24.6 Å². The van der Waals surface area contributed by atoms with Gasteiger partial charge in [0.1, 0.15) is 0 Å². The third-order valence-corrected chi connectivity index (χ3v) is 1.89. The molecule has 0 aliphatic rings. The Labute approximate surface area is 64.8 Å².